The summed E-state index contributed by atoms with van der Waals surface area (Å²) >= 11 is 0. The van der Waals surface area contributed by atoms with Gasteiger partial charge in [-0.3, -0.25) is 0 Å². The summed E-state index contributed by atoms with van der Waals surface area (Å²) in [6.07, 6.45) is 0. The van der Waals surface area contributed by atoms with Crippen molar-refractivity contribution in [2.75, 3.05) is 0 Å². The first-order chi connectivity index (χ1) is 8.24. The maximum atomic E-state index is 13.0. The number of phenolic OH excluding ortho intramolecular Hbond substituents is 1. The number of halogens is 1. The Bertz CT molecular complexity index is 686. The zero-order valence-electron chi connectivity index (χ0n) is 8.85. The largest absolute Gasteiger partial charge is 0.507 e. The Morgan fingerprint density at radius 2 is 1.82 bits per heavy atom. The standard InChI is InChI=1S/C14H9FO2/c15-10-5-6-13-9(7-10)8-14(17-13)11-3-1-2-4-12(11)16/h1-8,16H. The van der Waals surface area contributed by atoms with Gasteiger partial charge in [0.15, 0.2) is 0 Å². The molecule has 0 saturated heterocycles. The molecule has 0 bridgehead atoms. The number of rotatable bonds is 1. The van der Waals surface area contributed by atoms with Gasteiger partial charge in [0, 0.05) is 5.39 Å². The van der Waals surface area contributed by atoms with Crippen LogP contribution in [0.1, 0.15) is 0 Å². The van der Waals surface area contributed by atoms with Gasteiger partial charge in [-0.05, 0) is 36.4 Å². The second-order valence-electron chi connectivity index (χ2n) is 3.81. The Balaban J connectivity index is 2.22. The number of phenols is 1. The maximum absolute atomic E-state index is 13.0. The van der Waals surface area contributed by atoms with Crippen molar-refractivity contribution in [3.63, 3.8) is 0 Å². The molecule has 17 heavy (non-hydrogen) atoms. The van der Waals surface area contributed by atoms with E-state index >= 15 is 0 Å². The van der Waals surface area contributed by atoms with E-state index in [9.17, 15) is 9.50 Å². The first-order valence-corrected chi connectivity index (χ1v) is 5.21. The third kappa shape index (κ3) is 1.65. The summed E-state index contributed by atoms with van der Waals surface area (Å²) in [5, 5.41) is 10.4. The summed E-state index contributed by atoms with van der Waals surface area (Å²) in [6, 6.07) is 12.9. The molecule has 0 aliphatic carbocycles. The lowest BCUT2D eigenvalue weighted by Crippen LogP contribution is -1.73. The molecule has 1 aromatic heterocycles. The van der Waals surface area contributed by atoms with E-state index in [1.807, 2.05) is 6.07 Å². The van der Waals surface area contributed by atoms with Gasteiger partial charge in [-0.15, -0.1) is 0 Å². The van der Waals surface area contributed by atoms with Gasteiger partial charge in [0.25, 0.3) is 0 Å². The fourth-order valence-electron chi connectivity index (χ4n) is 1.83. The second-order valence-corrected chi connectivity index (χ2v) is 3.81. The van der Waals surface area contributed by atoms with E-state index in [1.165, 1.54) is 12.1 Å². The van der Waals surface area contributed by atoms with Crippen molar-refractivity contribution < 1.29 is 13.9 Å². The van der Waals surface area contributed by atoms with Gasteiger partial charge in [-0.1, -0.05) is 12.1 Å². The number of hydrogen-bond acceptors (Lipinski definition) is 2. The Kier molecular flexibility index (Phi) is 2.11. The van der Waals surface area contributed by atoms with Crippen molar-refractivity contribution in [3.8, 4) is 17.1 Å². The minimum atomic E-state index is -0.304. The Labute approximate surface area is 96.9 Å². The molecule has 0 amide bonds. The van der Waals surface area contributed by atoms with Gasteiger partial charge in [0.1, 0.15) is 22.9 Å². The van der Waals surface area contributed by atoms with Crippen molar-refractivity contribution in [1.82, 2.24) is 0 Å². The molecule has 3 aromatic rings. The smallest absolute Gasteiger partial charge is 0.139 e. The van der Waals surface area contributed by atoms with Gasteiger partial charge >= 0.3 is 0 Å². The molecule has 0 spiro atoms. The molecule has 2 aromatic carbocycles. The fraction of sp³-hybridized carbons (Fsp3) is 0. The zero-order valence-corrected chi connectivity index (χ0v) is 8.85. The molecule has 1 heterocycles. The van der Waals surface area contributed by atoms with Crippen LogP contribution in [0.15, 0.2) is 52.9 Å². The maximum Gasteiger partial charge on any atom is 0.139 e. The summed E-state index contributed by atoms with van der Waals surface area (Å²) in [5.41, 5.74) is 1.20. The summed E-state index contributed by atoms with van der Waals surface area (Å²) in [5.74, 6) is 0.373. The number of furan rings is 1. The summed E-state index contributed by atoms with van der Waals surface area (Å²) < 4.78 is 18.6. The average molecular weight is 228 g/mol. The molecule has 0 fully saturated rings. The van der Waals surface area contributed by atoms with Crippen LogP contribution in [0.25, 0.3) is 22.3 Å². The molecule has 0 aliphatic rings. The number of benzene rings is 2. The summed E-state index contributed by atoms with van der Waals surface area (Å²) in [4.78, 5) is 0. The van der Waals surface area contributed by atoms with Crippen molar-refractivity contribution in [2.24, 2.45) is 0 Å². The van der Waals surface area contributed by atoms with Gasteiger partial charge < -0.3 is 9.52 Å². The van der Waals surface area contributed by atoms with Gasteiger partial charge in [-0.25, -0.2) is 4.39 Å². The molecule has 3 heteroatoms. The molecule has 3 rings (SSSR count). The number of para-hydroxylation sites is 1. The van der Waals surface area contributed by atoms with E-state index in [2.05, 4.69) is 0 Å². The van der Waals surface area contributed by atoms with Gasteiger partial charge in [-0.2, -0.15) is 0 Å². The van der Waals surface area contributed by atoms with Gasteiger partial charge in [0.05, 0.1) is 5.56 Å². The van der Waals surface area contributed by atoms with Crippen molar-refractivity contribution in [2.45, 2.75) is 0 Å². The highest BCUT2D eigenvalue weighted by Gasteiger charge is 2.09. The summed E-state index contributed by atoms with van der Waals surface area (Å²) in [6.45, 7) is 0. The van der Waals surface area contributed by atoms with Crippen molar-refractivity contribution >= 4 is 11.0 Å². The van der Waals surface area contributed by atoms with Crippen LogP contribution in [-0.2, 0) is 0 Å². The average Bonchev–Trinajstić information content (AvgIpc) is 2.72. The van der Waals surface area contributed by atoms with Crippen molar-refractivity contribution in [1.29, 1.82) is 0 Å². The normalized spacial score (nSPS) is 10.9. The molecule has 1 N–H and O–H groups in total. The molecule has 0 atom stereocenters. The van der Waals surface area contributed by atoms with Crippen LogP contribution < -0.4 is 0 Å². The first kappa shape index (κ1) is 9.90. The topological polar surface area (TPSA) is 33.4 Å². The highest BCUT2D eigenvalue weighted by atomic mass is 19.1. The van der Waals surface area contributed by atoms with Crippen LogP contribution in [0.2, 0.25) is 0 Å². The fourth-order valence-corrected chi connectivity index (χ4v) is 1.83. The van der Waals surface area contributed by atoms with E-state index in [0.717, 1.165) is 0 Å². The predicted octanol–water partition coefficient (Wildman–Crippen LogP) is 3.94. The molecule has 2 nitrogen and oxygen atoms in total. The predicted molar refractivity (Wildman–Crippen MR) is 63.3 cm³/mol. The lowest BCUT2D eigenvalue weighted by atomic mass is 10.1. The molecule has 0 saturated carbocycles. The Morgan fingerprint density at radius 1 is 1.00 bits per heavy atom. The third-order valence-electron chi connectivity index (χ3n) is 2.65. The molecule has 0 aliphatic heterocycles. The number of hydrogen-bond donors (Lipinski definition) is 1. The quantitative estimate of drug-likeness (QED) is 0.684. The number of fused-ring (bicyclic) bond motifs is 1. The highest BCUT2D eigenvalue weighted by molar-refractivity contribution is 5.83. The van der Waals surface area contributed by atoms with Gasteiger partial charge in [0.2, 0.25) is 0 Å². The molecular formula is C14H9FO2. The van der Waals surface area contributed by atoms with Crippen LogP contribution in [0, 0.1) is 5.82 Å². The first-order valence-electron chi connectivity index (χ1n) is 5.21. The molecule has 0 unspecified atom stereocenters. The SMILES string of the molecule is Oc1ccccc1-c1cc2cc(F)ccc2o1. The lowest BCUT2D eigenvalue weighted by Gasteiger charge is -1.98. The van der Waals surface area contributed by atoms with E-state index in [-0.39, 0.29) is 11.6 Å². The van der Waals surface area contributed by atoms with Crippen LogP contribution in [-0.4, -0.2) is 5.11 Å². The van der Waals surface area contributed by atoms with E-state index in [0.29, 0.717) is 22.3 Å². The zero-order chi connectivity index (χ0) is 11.8. The number of aromatic hydroxyl groups is 1. The van der Waals surface area contributed by atoms with E-state index in [4.69, 9.17) is 4.42 Å². The van der Waals surface area contributed by atoms with E-state index in [1.54, 1.807) is 30.3 Å². The van der Waals surface area contributed by atoms with Crippen LogP contribution in [0.4, 0.5) is 4.39 Å². The van der Waals surface area contributed by atoms with Crippen LogP contribution in [0.5, 0.6) is 5.75 Å². The summed E-state index contributed by atoms with van der Waals surface area (Å²) in [7, 11) is 0. The van der Waals surface area contributed by atoms with Crippen molar-refractivity contribution in [3.05, 3.63) is 54.3 Å². The van der Waals surface area contributed by atoms with E-state index < -0.39 is 0 Å². The van der Waals surface area contributed by atoms with Crippen LogP contribution >= 0.6 is 0 Å². The Morgan fingerprint density at radius 3 is 2.65 bits per heavy atom. The monoisotopic (exact) mass is 228 g/mol. The Hall–Kier alpha value is -2.29. The lowest BCUT2D eigenvalue weighted by molar-refractivity contribution is 0.474. The minimum absolute atomic E-state index is 0.145. The molecule has 0 radical (unpaired) electrons. The highest BCUT2D eigenvalue weighted by Crippen LogP contribution is 2.33. The molecule has 84 valence electrons. The minimum Gasteiger partial charge on any atom is -0.507 e. The third-order valence-corrected chi connectivity index (χ3v) is 2.65. The second kappa shape index (κ2) is 3.63. The molecular weight excluding hydrogens is 219 g/mol. The van der Waals surface area contributed by atoms with Crippen LogP contribution in [0.3, 0.4) is 0 Å².